The number of hydrogen-bond acceptors (Lipinski definition) is 7. The first-order valence-corrected chi connectivity index (χ1v) is 10.1. The van der Waals surface area contributed by atoms with Gasteiger partial charge in [-0.1, -0.05) is 10.8 Å². The number of hydrogen-bond donors (Lipinski definition) is 3. The molecule has 0 aliphatic carbocycles. The molecule has 0 radical (unpaired) electrons. The van der Waals surface area contributed by atoms with Crippen molar-refractivity contribution < 1.29 is 9.47 Å². The molecule has 1 aliphatic rings. The number of ether oxygens (including phenoxy) is 2. The molecule has 0 aromatic rings. The van der Waals surface area contributed by atoms with Gasteiger partial charge in [-0.2, -0.15) is 12.6 Å². The van der Waals surface area contributed by atoms with Crippen LogP contribution >= 0.6 is 35.1 Å². The number of thiol groups is 2. The number of nitrogens with zero attached hydrogens (tertiary/aromatic N) is 1. The zero-order chi connectivity index (χ0) is 15.6. The van der Waals surface area contributed by atoms with E-state index in [1.807, 2.05) is 0 Å². The fourth-order valence-electron chi connectivity index (χ4n) is 2.27. The molecule has 1 aliphatic heterocycles. The van der Waals surface area contributed by atoms with Gasteiger partial charge in [0.05, 0.1) is 19.3 Å². The van der Waals surface area contributed by atoms with Gasteiger partial charge in [0.2, 0.25) is 0 Å². The van der Waals surface area contributed by atoms with Crippen LogP contribution in [0.15, 0.2) is 0 Å². The first-order valence-electron chi connectivity index (χ1n) is 7.63. The largest absolute Gasteiger partial charge is 0.380 e. The van der Waals surface area contributed by atoms with Gasteiger partial charge < -0.3 is 14.8 Å². The topological polar surface area (TPSA) is 33.7 Å². The smallest absolute Gasteiger partial charge is 0.0827 e. The molecule has 0 aromatic heterocycles. The minimum absolute atomic E-state index is 0.240. The second kappa shape index (κ2) is 11.4. The van der Waals surface area contributed by atoms with Crippen LogP contribution in [0.25, 0.3) is 0 Å². The molecule has 0 spiro atoms. The van der Waals surface area contributed by atoms with E-state index in [0.717, 1.165) is 58.8 Å². The summed E-state index contributed by atoms with van der Waals surface area (Å²) in [5.74, 6) is 0.698. The Morgan fingerprint density at radius 1 is 1.43 bits per heavy atom. The Kier molecular flexibility index (Phi) is 10.9. The third-order valence-corrected chi connectivity index (χ3v) is 5.98. The SMILES string of the molecule is CC(C)(CCCOCCN1CCO[C@H](CNCS)C1)SS. The van der Waals surface area contributed by atoms with Gasteiger partial charge in [-0.25, -0.2) is 0 Å². The van der Waals surface area contributed by atoms with Gasteiger partial charge in [0.25, 0.3) is 0 Å². The molecule has 1 N–H and O–H groups in total. The van der Waals surface area contributed by atoms with E-state index in [4.69, 9.17) is 9.47 Å². The molecule has 4 nitrogen and oxygen atoms in total. The van der Waals surface area contributed by atoms with E-state index in [0.29, 0.717) is 5.88 Å². The van der Waals surface area contributed by atoms with Gasteiger partial charge in [0, 0.05) is 43.4 Å². The molecule has 21 heavy (non-hydrogen) atoms. The van der Waals surface area contributed by atoms with Crippen LogP contribution in [0.2, 0.25) is 0 Å². The van der Waals surface area contributed by atoms with Gasteiger partial charge in [-0.15, -0.1) is 11.7 Å². The average molecular weight is 355 g/mol. The Bertz CT molecular complexity index is 271. The fraction of sp³-hybridized carbons (Fsp3) is 1.00. The summed E-state index contributed by atoms with van der Waals surface area (Å²) in [4.78, 5) is 2.42. The van der Waals surface area contributed by atoms with E-state index < -0.39 is 0 Å². The minimum atomic E-state index is 0.240. The molecule has 1 rings (SSSR count). The van der Waals surface area contributed by atoms with Gasteiger partial charge >= 0.3 is 0 Å². The molecule has 1 fully saturated rings. The van der Waals surface area contributed by atoms with Gasteiger partial charge in [0.15, 0.2) is 0 Å². The molecule has 0 unspecified atom stereocenters. The molecule has 0 amide bonds. The molecule has 126 valence electrons. The Morgan fingerprint density at radius 2 is 2.24 bits per heavy atom. The summed E-state index contributed by atoms with van der Waals surface area (Å²) in [6, 6.07) is 0. The standard InChI is InChI=1S/C14H30N2O2S3/c1-14(2,21-20)4-3-7-17-8-5-16-6-9-18-13(11-16)10-15-12-19/h13,15,19-20H,3-12H2,1-2H3/t13-/m1/s1. The lowest BCUT2D eigenvalue weighted by Crippen LogP contribution is -2.47. The highest BCUT2D eigenvalue weighted by atomic mass is 33.1. The van der Waals surface area contributed by atoms with Crippen LogP contribution in [0.4, 0.5) is 0 Å². The zero-order valence-corrected chi connectivity index (χ0v) is 15.8. The highest BCUT2D eigenvalue weighted by Crippen LogP contribution is 2.31. The monoisotopic (exact) mass is 354 g/mol. The molecular formula is C14H30N2O2S3. The zero-order valence-electron chi connectivity index (χ0n) is 13.2. The maximum atomic E-state index is 5.75. The molecule has 0 aromatic carbocycles. The maximum Gasteiger partial charge on any atom is 0.0827 e. The lowest BCUT2D eigenvalue weighted by molar-refractivity contribution is -0.0344. The van der Waals surface area contributed by atoms with Gasteiger partial charge in [0.1, 0.15) is 0 Å². The van der Waals surface area contributed by atoms with Crippen molar-refractivity contribution in [1.82, 2.24) is 10.2 Å². The van der Waals surface area contributed by atoms with Crippen LogP contribution in [-0.4, -0.2) is 67.6 Å². The average Bonchev–Trinajstić information content (AvgIpc) is 2.49. The Morgan fingerprint density at radius 3 is 2.95 bits per heavy atom. The Hall–Kier alpha value is 0.890. The summed E-state index contributed by atoms with van der Waals surface area (Å²) in [7, 11) is 1.63. The molecule has 1 saturated heterocycles. The maximum absolute atomic E-state index is 5.75. The quantitative estimate of drug-likeness (QED) is 0.230. The van der Waals surface area contributed by atoms with Crippen LogP contribution in [-0.2, 0) is 9.47 Å². The molecule has 1 atom stereocenters. The normalized spacial score (nSPS) is 20.9. The second-order valence-corrected chi connectivity index (χ2v) is 8.12. The lowest BCUT2D eigenvalue weighted by atomic mass is 10.1. The molecule has 0 saturated carbocycles. The highest BCUT2D eigenvalue weighted by molar-refractivity contribution is 8.69. The van der Waals surface area contributed by atoms with Crippen molar-refractivity contribution in [3.05, 3.63) is 0 Å². The molecule has 1 heterocycles. The second-order valence-electron chi connectivity index (χ2n) is 5.97. The fourth-order valence-corrected chi connectivity index (χ4v) is 2.91. The van der Waals surface area contributed by atoms with Crippen LogP contribution in [0, 0.1) is 0 Å². The molecule has 0 bridgehead atoms. The minimum Gasteiger partial charge on any atom is -0.380 e. The third kappa shape index (κ3) is 9.58. The summed E-state index contributed by atoms with van der Waals surface area (Å²) >= 11 is 8.45. The Labute approximate surface area is 144 Å². The number of nitrogens with one attached hydrogen (secondary N) is 1. The lowest BCUT2D eigenvalue weighted by Gasteiger charge is -2.32. The van der Waals surface area contributed by atoms with Crippen molar-refractivity contribution in [2.45, 2.75) is 37.5 Å². The van der Waals surface area contributed by atoms with Crippen molar-refractivity contribution >= 4 is 35.1 Å². The van der Waals surface area contributed by atoms with Crippen LogP contribution in [0.1, 0.15) is 26.7 Å². The Balaban J connectivity index is 2.02. The van der Waals surface area contributed by atoms with Crippen molar-refractivity contribution in [2.75, 3.05) is 51.9 Å². The van der Waals surface area contributed by atoms with E-state index in [1.54, 1.807) is 10.8 Å². The predicted molar refractivity (Wildman–Crippen MR) is 98.7 cm³/mol. The number of morpholine rings is 1. The highest BCUT2D eigenvalue weighted by Gasteiger charge is 2.19. The summed E-state index contributed by atoms with van der Waals surface area (Å²) in [5.41, 5.74) is 0. The summed E-state index contributed by atoms with van der Waals surface area (Å²) < 4.78 is 11.7. The van der Waals surface area contributed by atoms with Gasteiger partial charge in [-0.05, 0) is 26.7 Å². The summed E-state index contributed by atoms with van der Waals surface area (Å²) in [5, 5.41) is 3.22. The van der Waals surface area contributed by atoms with Crippen LogP contribution in [0.3, 0.4) is 0 Å². The van der Waals surface area contributed by atoms with Crippen LogP contribution < -0.4 is 5.32 Å². The van der Waals surface area contributed by atoms with Crippen LogP contribution in [0.5, 0.6) is 0 Å². The summed E-state index contributed by atoms with van der Waals surface area (Å²) in [6.07, 6.45) is 2.51. The number of rotatable bonds is 11. The van der Waals surface area contributed by atoms with E-state index in [-0.39, 0.29) is 10.9 Å². The molecule has 7 heteroatoms. The third-order valence-electron chi connectivity index (χ3n) is 3.57. The first kappa shape index (κ1) is 19.9. The first-order chi connectivity index (χ1) is 10.1. The summed E-state index contributed by atoms with van der Waals surface area (Å²) in [6.45, 7) is 10.7. The van der Waals surface area contributed by atoms with E-state index in [1.165, 1.54) is 0 Å². The van der Waals surface area contributed by atoms with Gasteiger partial charge in [-0.3, -0.25) is 4.90 Å². The van der Waals surface area contributed by atoms with E-state index in [9.17, 15) is 0 Å². The molecular weight excluding hydrogens is 324 g/mol. The van der Waals surface area contributed by atoms with E-state index in [2.05, 4.69) is 48.4 Å². The van der Waals surface area contributed by atoms with E-state index >= 15 is 0 Å². The van der Waals surface area contributed by atoms with Crippen molar-refractivity contribution in [2.24, 2.45) is 0 Å². The predicted octanol–water partition coefficient (Wildman–Crippen LogP) is 2.32. The van der Waals surface area contributed by atoms with Crippen molar-refractivity contribution in [3.63, 3.8) is 0 Å². The van der Waals surface area contributed by atoms with Crippen molar-refractivity contribution in [1.29, 1.82) is 0 Å². The van der Waals surface area contributed by atoms with Crippen molar-refractivity contribution in [3.8, 4) is 0 Å².